The Morgan fingerprint density at radius 3 is 2.04 bits per heavy atom. The van der Waals surface area contributed by atoms with Crippen molar-refractivity contribution in [3.05, 3.63) is 91.3 Å². The van der Waals surface area contributed by atoms with Crippen molar-refractivity contribution in [2.75, 3.05) is 69.9 Å². The number of piperazine rings is 1. The zero-order chi connectivity index (χ0) is 34.9. The van der Waals surface area contributed by atoms with E-state index in [2.05, 4.69) is 78.5 Å². The first-order chi connectivity index (χ1) is 24.9. The first kappa shape index (κ1) is 33.1. The summed E-state index contributed by atoms with van der Waals surface area (Å²) in [6.45, 7) is 6.91. The maximum Gasteiger partial charge on any atom is 0.245 e. The highest BCUT2D eigenvalue weighted by atomic mass is 32.2. The zero-order valence-electron chi connectivity index (χ0n) is 29.1. The van der Waals surface area contributed by atoms with Crippen LogP contribution in [0.2, 0.25) is 0 Å². The molecule has 1 N–H and O–H groups in total. The molecule has 51 heavy (non-hydrogen) atoms. The van der Waals surface area contributed by atoms with E-state index in [1.807, 2.05) is 53.2 Å². The number of piperidine rings is 1. The van der Waals surface area contributed by atoms with E-state index in [0.29, 0.717) is 17.1 Å². The minimum absolute atomic E-state index is 0.355. The number of anilines is 3. The topological polar surface area (TPSA) is 108 Å². The van der Waals surface area contributed by atoms with Crippen LogP contribution < -0.4 is 15.0 Å². The number of para-hydroxylation sites is 2. The first-order valence-electron chi connectivity index (χ1n) is 17.4. The van der Waals surface area contributed by atoms with Crippen LogP contribution >= 0.6 is 0 Å². The van der Waals surface area contributed by atoms with Gasteiger partial charge in [0.15, 0.2) is 0 Å². The summed E-state index contributed by atoms with van der Waals surface area (Å²) in [7, 11) is 2.78. The number of benzene rings is 3. The molecule has 0 spiro atoms. The smallest absolute Gasteiger partial charge is 0.245 e. The number of nitrogens with one attached hydrogen (secondary N) is 1. The van der Waals surface area contributed by atoms with E-state index in [9.17, 15) is 4.21 Å². The molecule has 0 saturated carbocycles. The van der Waals surface area contributed by atoms with E-state index in [-0.39, 0.29) is 0 Å². The third kappa shape index (κ3) is 6.84. The lowest BCUT2D eigenvalue weighted by molar-refractivity contribution is 0.0982. The van der Waals surface area contributed by atoms with E-state index in [0.717, 1.165) is 57.4 Å². The molecule has 2 saturated heterocycles. The molecule has 6 heterocycles. The molecule has 2 fully saturated rings. The van der Waals surface area contributed by atoms with Gasteiger partial charge in [0.2, 0.25) is 11.1 Å². The molecular formula is C38H42N10O2S. The third-order valence-corrected chi connectivity index (χ3v) is 10.7. The summed E-state index contributed by atoms with van der Waals surface area (Å²) < 4.78 is 20.8. The summed E-state index contributed by atoms with van der Waals surface area (Å²) in [5.74, 6) is 1.34. The number of fused-ring (bicyclic) bond motifs is 6. The van der Waals surface area contributed by atoms with Crippen LogP contribution in [0.25, 0.3) is 32.8 Å². The van der Waals surface area contributed by atoms with E-state index < -0.39 is 10.8 Å². The van der Waals surface area contributed by atoms with Crippen molar-refractivity contribution in [2.45, 2.75) is 24.0 Å². The highest BCUT2D eigenvalue weighted by Gasteiger charge is 2.27. The monoisotopic (exact) mass is 702 g/mol. The van der Waals surface area contributed by atoms with Gasteiger partial charge in [-0.25, -0.2) is 19.0 Å². The summed E-state index contributed by atoms with van der Waals surface area (Å²) >= 11 is 0. The lowest BCUT2D eigenvalue weighted by Crippen LogP contribution is -2.52. The van der Waals surface area contributed by atoms with Gasteiger partial charge in [-0.1, -0.05) is 36.4 Å². The van der Waals surface area contributed by atoms with E-state index in [4.69, 9.17) is 9.84 Å². The van der Waals surface area contributed by atoms with Crippen LogP contribution in [0.15, 0.2) is 96.4 Å². The molecule has 262 valence electrons. The van der Waals surface area contributed by atoms with Crippen LogP contribution in [0.5, 0.6) is 5.75 Å². The number of hydrogen-bond donors (Lipinski definition) is 1. The standard InChI is InChI=1S/C27H33N7O.C11H9N3OS/c1-31-13-15-33(16-14-31)21-9-11-32(12-10-21)22-7-8-24(26(18-22)35-2)29-27-28-19-23-17-20-5-3-4-6-25(20)34(23)30-27;1-16(15)11-12-7-9-6-8-4-2-3-5-10(8)14(9)13-11/h3-8,17-19,21H,9-16H2,1-2H3,(H,29,30);2-7H,1H3. The molecule has 0 aliphatic carbocycles. The van der Waals surface area contributed by atoms with Crippen molar-refractivity contribution in [1.29, 1.82) is 0 Å². The van der Waals surface area contributed by atoms with Crippen LogP contribution in [0.3, 0.4) is 0 Å². The molecule has 4 aromatic heterocycles. The maximum atomic E-state index is 11.3. The van der Waals surface area contributed by atoms with Gasteiger partial charge < -0.3 is 19.9 Å². The third-order valence-electron chi connectivity index (χ3n) is 10.0. The molecule has 2 aliphatic rings. The number of methoxy groups -OCH3 is 1. The van der Waals surface area contributed by atoms with E-state index in [1.54, 1.807) is 24.1 Å². The maximum absolute atomic E-state index is 11.3. The summed E-state index contributed by atoms with van der Waals surface area (Å²) in [4.78, 5) is 16.2. The average molecular weight is 703 g/mol. The van der Waals surface area contributed by atoms with E-state index in [1.165, 1.54) is 44.7 Å². The van der Waals surface area contributed by atoms with Gasteiger partial charge in [0.25, 0.3) is 0 Å². The summed E-state index contributed by atoms with van der Waals surface area (Å²) in [5.41, 5.74) is 6.02. The van der Waals surface area contributed by atoms with Gasteiger partial charge in [0.05, 0.1) is 58.1 Å². The largest absolute Gasteiger partial charge is 0.494 e. The highest BCUT2D eigenvalue weighted by Crippen LogP contribution is 2.33. The number of aromatic nitrogens is 6. The molecule has 0 radical (unpaired) electrons. The predicted molar refractivity (Wildman–Crippen MR) is 204 cm³/mol. The molecule has 3 aromatic carbocycles. The lowest BCUT2D eigenvalue weighted by Gasteiger charge is -2.42. The number of rotatable bonds is 6. The Labute approximate surface area is 299 Å². The molecular weight excluding hydrogens is 661 g/mol. The quantitative estimate of drug-likeness (QED) is 0.240. The Bertz CT molecular complexity index is 2340. The molecule has 0 amide bonds. The molecule has 12 nitrogen and oxygen atoms in total. The Kier molecular flexibility index (Phi) is 9.24. The normalized spacial score (nSPS) is 16.8. The molecule has 13 heteroatoms. The number of likely N-dealkylation sites (N-methyl/N-ethyl adjacent to an activating group) is 1. The fourth-order valence-corrected chi connectivity index (χ4v) is 7.58. The van der Waals surface area contributed by atoms with Gasteiger partial charge in [0, 0.05) is 74.1 Å². The van der Waals surface area contributed by atoms with Gasteiger partial charge in [-0.3, -0.25) is 9.11 Å². The first-order valence-corrected chi connectivity index (χ1v) is 18.9. The Balaban J connectivity index is 0.000000194. The van der Waals surface area contributed by atoms with Gasteiger partial charge in [-0.05, 0) is 56.3 Å². The highest BCUT2D eigenvalue weighted by molar-refractivity contribution is 7.84. The molecule has 7 aromatic rings. The van der Waals surface area contributed by atoms with E-state index >= 15 is 0 Å². The Morgan fingerprint density at radius 2 is 1.39 bits per heavy atom. The molecule has 2 aliphatic heterocycles. The summed E-state index contributed by atoms with van der Waals surface area (Å²) in [5, 5.41) is 15.0. The zero-order valence-corrected chi connectivity index (χ0v) is 30.0. The van der Waals surface area contributed by atoms with Crippen LogP contribution in [-0.2, 0) is 10.8 Å². The second kappa shape index (κ2) is 14.3. The molecule has 1 atom stereocenters. The molecule has 9 rings (SSSR count). The SMILES string of the molecule is COc1cc(N2CCC(N3CCN(C)CC3)CC2)ccc1Nc1ncc2cc3ccccc3n2n1.CS(=O)c1ncc2cc3ccccc3n2n1. The van der Waals surface area contributed by atoms with Crippen molar-refractivity contribution in [2.24, 2.45) is 0 Å². The fraction of sp³-hybridized carbons (Fsp3) is 0.316. The minimum atomic E-state index is -1.16. The average Bonchev–Trinajstić information content (AvgIpc) is 3.73. The molecule has 0 bridgehead atoms. The Morgan fingerprint density at radius 1 is 0.765 bits per heavy atom. The van der Waals surface area contributed by atoms with Crippen LogP contribution in [0.1, 0.15) is 12.8 Å². The van der Waals surface area contributed by atoms with Gasteiger partial charge in [0.1, 0.15) is 5.75 Å². The second-order valence-electron chi connectivity index (χ2n) is 13.2. The predicted octanol–water partition coefficient (Wildman–Crippen LogP) is 5.47. The number of hydrogen-bond acceptors (Lipinski definition) is 10. The van der Waals surface area contributed by atoms with Crippen LogP contribution in [0.4, 0.5) is 17.3 Å². The fourth-order valence-electron chi connectivity index (χ4n) is 7.18. The molecule has 1 unspecified atom stereocenters. The van der Waals surface area contributed by atoms with Crippen LogP contribution in [0, 0.1) is 0 Å². The lowest BCUT2D eigenvalue weighted by atomic mass is 10.0. The van der Waals surface area contributed by atoms with Gasteiger partial charge >= 0.3 is 0 Å². The minimum Gasteiger partial charge on any atom is -0.494 e. The van der Waals surface area contributed by atoms with Crippen molar-refractivity contribution < 1.29 is 8.95 Å². The van der Waals surface area contributed by atoms with Crippen molar-refractivity contribution >= 4 is 61.0 Å². The van der Waals surface area contributed by atoms with Gasteiger partial charge in [-0.2, -0.15) is 0 Å². The summed E-state index contributed by atoms with van der Waals surface area (Å²) in [6, 6.07) is 27.4. The van der Waals surface area contributed by atoms with Crippen molar-refractivity contribution in [3.63, 3.8) is 0 Å². The van der Waals surface area contributed by atoms with Crippen molar-refractivity contribution in [1.82, 2.24) is 39.0 Å². The summed E-state index contributed by atoms with van der Waals surface area (Å²) in [6.07, 6.45) is 7.55. The number of nitrogens with zero attached hydrogens (tertiary/aromatic N) is 9. The van der Waals surface area contributed by atoms with Crippen molar-refractivity contribution in [3.8, 4) is 5.75 Å². The second-order valence-corrected chi connectivity index (χ2v) is 14.5. The van der Waals surface area contributed by atoms with Gasteiger partial charge in [-0.15, -0.1) is 10.2 Å². The Hall–Kier alpha value is -5.11. The van der Waals surface area contributed by atoms with Crippen LogP contribution in [-0.4, -0.2) is 109 Å². The number of ether oxygens (including phenoxy) is 1.